The summed E-state index contributed by atoms with van der Waals surface area (Å²) in [5.41, 5.74) is 2.16. The Morgan fingerprint density at radius 1 is 1.09 bits per heavy atom. The number of nitrogens with zero attached hydrogens (tertiary/aromatic N) is 3. The number of carbonyl (C=O) groups is 1. The van der Waals surface area contributed by atoms with Gasteiger partial charge in [-0.1, -0.05) is 0 Å². The van der Waals surface area contributed by atoms with Crippen LogP contribution in [0.3, 0.4) is 0 Å². The second-order valence-corrected chi connectivity index (χ2v) is 10.5. The highest BCUT2D eigenvalue weighted by atomic mass is 19.1. The number of rotatable bonds is 4. The van der Waals surface area contributed by atoms with E-state index in [0.717, 1.165) is 53.5 Å². The Morgan fingerprint density at radius 2 is 1.81 bits per heavy atom. The smallest absolute Gasteiger partial charge is 0.257 e. The first-order chi connectivity index (χ1) is 15.5. The molecule has 0 unspecified atom stereocenters. The average Bonchev–Trinajstić information content (AvgIpc) is 2.76. The first-order valence-corrected chi connectivity index (χ1v) is 11.8. The highest BCUT2D eigenvalue weighted by Crippen LogP contribution is 2.59. The van der Waals surface area contributed by atoms with Crippen molar-refractivity contribution in [1.29, 1.82) is 0 Å². The molecule has 4 fully saturated rings. The Kier molecular flexibility index (Phi) is 4.70. The van der Waals surface area contributed by atoms with Gasteiger partial charge in [-0.2, -0.15) is 0 Å². The van der Waals surface area contributed by atoms with E-state index in [1.54, 1.807) is 11.2 Å². The van der Waals surface area contributed by atoms with Gasteiger partial charge in [-0.25, -0.2) is 18.7 Å². The highest BCUT2D eigenvalue weighted by molar-refractivity contribution is 5.94. The number of amides is 1. The number of hydrogen-bond donors (Lipinski definition) is 1. The molecule has 0 atom stereocenters. The van der Waals surface area contributed by atoms with Gasteiger partial charge in [-0.3, -0.25) is 4.79 Å². The third-order valence-electron chi connectivity index (χ3n) is 8.25. The second-order valence-electron chi connectivity index (χ2n) is 10.5. The zero-order valence-corrected chi connectivity index (χ0v) is 18.1. The van der Waals surface area contributed by atoms with Crippen molar-refractivity contribution in [2.24, 2.45) is 23.2 Å². The molecule has 4 bridgehead atoms. The van der Waals surface area contributed by atoms with Gasteiger partial charge in [0.25, 0.3) is 5.91 Å². The Balaban J connectivity index is 1.17. The number of nitrogens with one attached hydrogen (secondary N) is 1. The first-order valence-electron chi connectivity index (χ1n) is 11.8. The van der Waals surface area contributed by atoms with E-state index in [0.29, 0.717) is 24.9 Å². The standard InChI is InChI=1S/C25H28F2N4O/c26-18-1-2-19(21(27)8-18)24(32)31-4-3-20-22(12-31)29-14-30-23(20)28-13-25-9-15-5-16(10-25)7-17(6-15)11-25/h1-2,8,14-17H,3-7,9-13H2,(H,28,29,30). The molecule has 0 spiro atoms. The summed E-state index contributed by atoms with van der Waals surface area (Å²) in [4.78, 5) is 23.3. The van der Waals surface area contributed by atoms with Crippen molar-refractivity contribution >= 4 is 11.7 Å². The van der Waals surface area contributed by atoms with E-state index >= 15 is 0 Å². The van der Waals surface area contributed by atoms with Crippen LogP contribution in [-0.2, 0) is 13.0 Å². The van der Waals surface area contributed by atoms with E-state index < -0.39 is 17.5 Å². The number of anilines is 1. The molecule has 0 radical (unpaired) electrons. The molecule has 1 aromatic carbocycles. The minimum absolute atomic E-state index is 0.107. The minimum Gasteiger partial charge on any atom is -0.369 e. The molecular weight excluding hydrogens is 410 g/mol. The van der Waals surface area contributed by atoms with Gasteiger partial charge in [0.2, 0.25) is 0 Å². The number of carbonyl (C=O) groups excluding carboxylic acids is 1. The van der Waals surface area contributed by atoms with E-state index in [-0.39, 0.29) is 5.56 Å². The third-order valence-corrected chi connectivity index (χ3v) is 8.25. The number of benzene rings is 1. The van der Waals surface area contributed by atoms with Crippen molar-refractivity contribution in [2.75, 3.05) is 18.4 Å². The van der Waals surface area contributed by atoms with E-state index in [2.05, 4.69) is 15.3 Å². The third kappa shape index (κ3) is 3.46. The van der Waals surface area contributed by atoms with Gasteiger partial charge in [0, 0.05) is 24.7 Å². The van der Waals surface area contributed by atoms with Gasteiger partial charge in [0.15, 0.2) is 0 Å². The number of halogens is 2. The summed E-state index contributed by atoms with van der Waals surface area (Å²) in [5.74, 6) is 1.66. The minimum atomic E-state index is -0.832. The molecule has 4 aliphatic carbocycles. The molecule has 7 heteroatoms. The topological polar surface area (TPSA) is 58.1 Å². The molecule has 1 aromatic heterocycles. The predicted molar refractivity (Wildman–Crippen MR) is 116 cm³/mol. The molecule has 1 amide bonds. The zero-order valence-electron chi connectivity index (χ0n) is 18.1. The van der Waals surface area contributed by atoms with Crippen LogP contribution in [0.1, 0.15) is 60.1 Å². The van der Waals surface area contributed by atoms with E-state index in [9.17, 15) is 13.6 Å². The maximum atomic E-state index is 14.1. The summed E-state index contributed by atoms with van der Waals surface area (Å²) >= 11 is 0. The monoisotopic (exact) mass is 438 g/mol. The highest BCUT2D eigenvalue weighted by Gasteiger charge is 2.50. The molecule has 5 nitrogen and oxygen atoms in total. The molecule has 2 aromatic rings. The summed E-state index contributed by atoms with van der Waals surface area (Å²) < 4.78 is 27.3. The maximum Gasteiger partial charge on any atom is 0.257 e. The van der Waals surface area contributed by atoms with Crippen LogP contribution in [0, 0.1) is 34.8 Å². The molecule has 1 N–H and O–H groups in total. The van der Waals surface area contributed by atoms with Crippen molar-refractivity contribution < 1.29 is 13.6 Å². The van der Waals surface area contributed by atoms with Crippen molar-refractivity contribution in [1.82, 2.24) is 14.9 Å². The average molecular weight is 439 g/mol. The van der Waals surface area contributed by atoms with Gasteiger partial charge in [0.05, 0.1) is 17.8 Å². The lowest BCUT2D eigenvalue weighted by atomic mass is 9.49. The Labute approximate surface area is 186 Å². The van der Waals surface area contributed by atoms with Crippen molar-refractivity contribution in [3.05, 3.63) is 53.0 Å². The van der Waals surface area contributed by atoms with Crippen LogP contribution >= 0.6 is 0 Å². The number of hydrogen-bond acceptors (Lipinski definition) is 4. The normalized spacial score (nSPS) is 30.3. The molecule has 2 heterocycles. The van der Waals surface area contributed by atoms with Crippen molar-refractivity contribution in [3.8, 4) is 0 Å². The quantitative estimate of drug-likeness (QED) is 0.759. The van der Waals surface area contributed by atoms with Crippen LogP contribution in [0.4, 0.5) is 14.6 Å². The first kappa shape index (κ1) is 20.1. The summed E-state index contributed by atoms with van der Waals surface area (Å²) in [6.45, 7) is 1.73. The SMILES string of the molecule is O=C(c1ccc(F)cc1F)N1CCc2c(ncnc2NCC23CC4CC(CC(C4)C2)C3)C1. The Hall–Kier alpha value is -2.57. The Bertz CT molecular complexity index is 1040. The second kappa shape index (κ2) is 7.49. The molecular formula is C25H28F2N4O. The number of aromatic nitrogens is 2. The zero-order chi connectivity index (χ0) is 21.9. The van der Waals surface area contributed by atoms with Crippen molar-refractivity contribution in [2.45, 2.75) is 51.5 Å². The van der Waals surface area contributed by atoms with Gasteiger partial charge >= 0.3 is 0 Å². The van der Waals surface area contributed by atoms with Crippen LogP contribution < -0.4 is 5.32 Å². The lowest BCUT2D eigenvalue weighted by Crippen LogP contribution is -2.49. The molecule has 1 aliphatic heterocycles. The molecule has 4 saturated carbocycles. The summed E-state index contributed by atoms with van der Waals surface area (Å²) in [7, 11) is 0. The van der Waals surface area contributed by atoms with Crippen LogP contribution in [0.5, 0.6) is 0 Å². The lowest BCUT2D eigenvalue weighted by Gasteiger charge is -2.57. The van der Waals surface area contributed by atoms with Gasteiger partial charge in [-0.15, -0.1) is 0 Å². The van der Waals surface area contributed by atoms with Gasteiger partial charge in [-0.05, 0) is 80.2 Å². The molecule has 5 aliphatic rings. The summed E-state index contributed by atoms with van der Waals surface area (Å²) in [6, 6.07) is 3.07. The lowest BCUT2D eigenvalue weighted by molar-refractivity contribution is -0.0444. The largest absolute Gasteiger partial charge is 0.369 e. The molecule has 7 rings (SSSR count). The van der Waals surface area contributed by atoms with E-state index in [1.165, 1.54) is 44.6 Å². The fourth-order valence-corrected chi connectivity index (χ4v) is 7.29. The fourth-order valence-electron chi connectivity index (χ4n) is 7.29. The fraction of sp³-hybridized carbons (Fsp3) is 0.560. The molecule has 168 valence electrons. The molecule has 32 heavy (non-hydrogen) atoms. The van der Waals surface area contributed by atoms with E-state index in [1.807, 2.05) is 0 Å². The molecule has 0 saturated heterocycles. The predicted octanol–water partition coefficient (Wildman–Crippen LogP) is 4.58. The van der Waals surface area contributed by atoms with Crippen LogP contribution in [0.25, 0.3) is 0 Å². The van der Waals surface area contributed by atoms with Crippen LogP contribution in [-0.4, -0.2) is 33.9 Å². The van der Waals surface area contributed by atoms with Crippen LogP contribution in [0.2, 0.25) is 0 Å². The number of fused-ring (bicyclic) bond motifs is 1. The van der Waals surface area contributed by atoms with Gasteiger partial charge < -0.3 is 10.2 Å². The summed E-state index contributed by atoms with van der Waals surface area (Å²) in [5, 5.41) is 3.66. The maximum absolute atomic E-state index is 14.1. The van der Waals surface area contributed by atoms with E-state index in [4.69, 9.17) is 0 Å². The summed E-state index contributed by atoms with van der Waals surface area (Å²) in [6.07, 6.45) is 10.5. The Morgan fingerprint density at radius 3 is 2.50 bits per heavy atom. The van der Waals surface area contributed by atoms with Gasteiger partial charge in [0.1, 0.15) is 23.8 Å². The van der Waals surface area contributed by atoms with Crippen molar-refractivity contribution in [3.63, 3.8) is 0 Å². The van der Waals surface area contributed by atoms with Crippen LogP contribution in [0.15, 0.2) is 24.5 Å².